The van der Waals surface area contributed by atoms with Gasteiger partial charge in [-0.1, -0.05) is 295 Å². The molecule has 0 aromatic rings. The summed E-state index contributed by atoms with van der Waals surface area (Å²) in [6, 6.07) is 0. The van der Waals surface area contributed by atoms with Crippen LogP contribution < -0.4 is 0 Å². The molecule has 1 unspecified atom stereocenters. The maximum absolute atomic E-state index is 12.9. The van der Waals surface area contributed by atoms with Gasteiger partial charge in [0.05, 0.1) is 0 Å². The van der Waals surface area contributed by atoms with Gasteiger partial charge >= 0.3 is 17.9 Å². The fourth-order valence-corrected chi connectivity index (χ4v) is 8.92. The van der Waals surface area contributed by atoms with Gasteiger partial charge in [0.2, 0.25) is 0 Å². The Morgan fingerprint density at radius 1 is 0.259 bits per heavy atom. The lowest BCUT2D eigenvalue weighted by Crippen LogP contribution is -2.30. The number of carbonyl (C=O) groups is 3. The van der Waals surface area contributed by atoms with Crippen LogP contribution in [0, 0.1) is 0 Å². The fourth-order valence-electron chi connectivity index (χ4n) is 8.92. The second kappa shape index (κ2) is 67.8. The van der Waals surface area contributed by atoms with E-state index < -0.39 is 6.10 Å². The van der Waals surface area contributed by atoms with E-state index in [1.807, 2.05) is 0 Å². The van der Waals surface area contributed by atoms with Crippen LogP contribution in [0.25, 0.3) is 0 Å². The second-order valence-electron chi connectivity index (χ2n) is 21.6. The molecular formula is C75H122O6. The Bertz CT molecular complexity index is 1760. The zero-order chi connectivity index (χ0) is 58.5. The van der Waals surface area contributed by atoms with E-state index in [-0.39, 0.29) is 31.1 Å². The Hall–Kier alpha value is -4.71. The topological polar surface area (TPSA) is 78.9 Å². The lowest BCUT2D eigenvalue weighted by Gasteiger charge is -2.18. The predicted octanol–water partition coefficient (Wildman–Crippen LogP) is 23.1. The molecule has 0 radical (unpaired) electrons. The van der Waals surface area contributed by atoms with Crippen LogP contribution in [0.1, 0.15) is 290 Å². The van der Waals surface area contributed by atoms with E-state index in [0.717, 1.165) is 148 Å². The Kier molecular flexibility index (Phi) is 63.9. The average molecular weight is 1120 g/mol. The van der Waals surface area contributed by atoms with E-state index >= 15 is 0 Å². The van der Waals surface area contributed by atoms with Crippen LogP contribution in [0.3, 0.4) is 0 Å². The van der Waals surface area contributed by atoms with Crippen molar-refractivity contribution in [3.63, 3.8) is 0 Å². The molecule has 0 heterocycles. The lowest BCUT2D eigenvalue weighted by atomic mass is 10.1. The number of esters is 3. The zero-order valence-electron chi connectivity index (χ0n) is 52.5. The molecule has 0 rings (SSSR count). The lowest BCUT2D eigenvalue weighted by molar-refractivity contribution is -0.167. The maximum Gasteiger partial charge on any atom is 0.306 e. The first-order chi connectivity index (χ1) is 40.0. The van der Waals surface area contributed by atoms with Crippen LogP contribution in [0.2, 0.25) is 0 Å². The van der Waals surface area contributed by atoms with Crippen LogP contribution in [0.4, 0.5) is 0 Å². The minimum atomic E-state index is -0.792. The molecule has 81 heavy (non-hydrogen) atoms. The third kappa shape index (κ3) is 66.0. The Morgan fingerprint density at radius 2 is 0.481 bits per heavy atom. The monoisotopic (exact) mass is 1120 g/mol. The van der Waals surface area contributed by atoms with Gasteiger partial charge in [-0.15, -0.1) is 0 Å². The number of hydrogen-bond donors (Lipinski definition) is 0. The molecule has 6 heteroatoms. The summed E-state index contributed by atoms with van der Waals surface area (Å²) in [7, 11) is 0. The van der Waals surface area contributed by atoms with Crippen molar-refractivity contribution in [1.82, 2.24) is 0 Å². The van der Waals surface area contributed by atoms with Crippen LogP contribution in [-0.4, -0.2) is 37.2 Å². The molecule has 0 bridgehead atoms. The molecule has 458 valence electrons. The first-order valence-corrected chi connectivity index (χ1v) is 33.3. The summed E-state index contributed by atoms with van der Waals surface area (Å²) in [4.78, 5) is 38.3. The molecular weight excluding hydrogens is 997 g/mol. The summed E-state index contributed by atoms with van der Waals surface area (Å²) in [5.74, 6) is -0.907. The molecule has 0 saturated heterocycles. The molecule has 0 aliphatic carbocycles. The summed E-state index contributed by atoms with van der Waals surface area (Å²) in [5, 5.41) is 0. The van der Waals surface area contributed by atoms with Gasteiger partial charge in [0.25, 0.3) is 0 Å². The van der Waals surface area contributed by atoms with Gasteiger partial charge in [-0.2, -0.15) is 0 Å². The van der Waals surface area contributed by atoms with E-state index in [9.17, 15) is 14.4 Å². The highest BCUT2D eigenvalue weighted by molar-refractivity contribution is 5.71. The van der Waals surface area contributed by atoms with E-state index in [2.05, 4.69) is 167 Å². The van der Waals surface area contributed by atoms with E-state index in [0.29, 0.717) is 19.3 Å². The number of ether oxygens (including phenoxy) is 3. The van der Waals surface area contributed by atoms with Gasteiger partial charge in [-0.3, -0.25) is 14.4 Å². The highest BCUT2D eigenvalue weighted by Crippen LogP contribution is 2.15. The molecule has 0 spiro atoms. The summed E-state index contributed by atoms with van der Waals surface area (Å²) in [6.45, 7) is 6.40. The summed E-state index contributed by atoms with van der Waals surface area (Å²) in [6.07, 6.45) is 97.2. The van der Waals surface area contributed by atoms with Crippen molar-refractivity contribution in [2.24, 2.45) is 0 Å². The van der Waals surface area contributed by atoms with Gasteiger partial charge in [-0.05, 0) is 122 Å². The second-order valence-corrected chi connectivity index (χ2v) is 21.6. The molecule has 0 aliphatic rings. The van der Waals surface area contributed by atoms with Gasteiger partial charge in [-0.25, -0.2) is 0 Å². The average Bonchev–Trinajstić information content (AvgIpc) is 3.47. The largest absolute Gasteiger partial charge is 0.462 e. The molecule has 0 aliphatic heterocycles. The molecule has 0 fully saturated rings. The van der Waals surface area contributed by atoms with Crippen molar-refractivity contribution < 1.29 is 28.6 Å². The summed E-state index contributed by atoms with van der Waals surface area (Å²) >= 11 is 0. The predicted molar refractivity (Wildman–Crippen MR) is 352 cm³/mol. The van der Waals surface area contributed by atoms with Gasteiger partial charge in [0.15, 0.2) is 6.10 Å². The van der Waals surface area contributed by atoms with Crippen LogP contribution in [0.5, 0.6) is 0 Å². The van der Waals surface area contributed by atoms with E-state index in [4.69, 9.17) is 14.2 Å². The molecule has 0 aromatic heterocycles. The molecule has 1 atom stereocenters. The van der Waals surface area contributed by atoms with Crippen molar-refractivity contribution >= 4 is 17.9 Å². The molecule has 0 saturated carbocycles. The number of rotatable bonds is 59. The van der Waals surface area contributed by atoms with Crippen molar-refractivity contribution in [2.75, 3.05) is 13.2 Å². The zero-order valence-corrected chi connectivity index (χ0v) is 52.5. The smallest absolute Gasteiger partial charge is 0.306 e. The Balaban J connectivity index is 4.26. The van der Waals surface area contributed by atoms with Crippen LogP contribution >= 0.6 is 0 Å². The third-order valence-corrected chi connectivity index (χ3v) is 13.8. The van der Waals surface area contributed by atoms with Crippen LogP contribution in [-0.2, 0) is 28.6 Å². The number of carbonyl (C=O) groups excluding carboxylic acids is 3. The highest BCUT2D eigenvalue weighted by Gasteiger charge is 2.19. The van der Waals surface area contributed by atoms with Crippen LogP contribution in [0.15, 0.2) is 146 Å². The minimum Gasteiger partial charge on any atom is -0.462 e. The van der Waals surface area contributed by atoms with E-state index in [1.54, 1.807) is 0 Å². The molecule has 0 aromatic carbocycles. The standard InChI is InChI=1S/C75H122O6/c1-4-7-10-13-16-19-22-24-26-28-29-30-31-32-33-34-35-36-37-38-39-40-41-42-43-44-45-47-48-50-53-56-59-62-65-68-74(77)80-71-72(70-79-73(76)67-64-61-58-55-52-21-18-15-12-9-6-3)81-75(78)69-66-63-60-57-54-51-49-46-27-25-23-20-17-14-11-8-5-2/h7-8,10-11,16-17,19-20,24-27,29-30,32-33,35-36,38-39,41-42,44-45,72H,4-6,9,12-15,18,21-23,28,31,34,37,40,43,46-71H2,1-3H3/b10-7-,11-8-,19-16-,20-17-,26-24-,27-25-,30-29-,33-32-,36-35-,39-38-,42-41-,45-44-. The number of hydrogen-bond acceptors (Lipinski definition) is 6. The maximum atomic E-state index is 12.9. The van der Waals surface area contributed by atoms with E-state index in [1.165, 1.54) is 103 Å². The van der Waals surface area contributed by atoms with Crippen molar-refractivity contribution in [3.05, 3.63) is 146 Å². The fraction of sp³-hybridized carbons (Fsp3) is 0.640. The minimum absolute atomic E-state index is 0.0869. The first-order valence-electron chi connectivity index (χ1n) is 33.3. The number of allylic oxidation sites excluding steroid dienone is 24. The van der Waals surface area contributed by atoms with Gasteiger partial charge in [0.1, 0.15) is 13.2 Å². The molecule has 0 N–H and O–H groups in total. The molecule has 0 amide bonds. The quantitative estimate of drug-likeness (QED) is 0.0261. The van der Waals surface area contributed by atoms with Gasteiger partial charge < -0.3 is 14.2 Å². The van der Waals surface area contributed by atoms with Crippen molar-refractivity contribution in [3.8, 4) is 0 Å². The number of unbranched alkanes of at least 4 members (excludes halogenated alkanes) is 24. The third-order valence-electron chi connectivity index (χ3n) is 13.8. The summed E-state index contributed by atoms with van der Waals surface area (Å²) in [5.41, 5.74) is 0. The SMILES string of the molecule is CC/C=C\C/C=C\C/C=C\C/C=C\C/C=C\C/C=C\C/C=C\C/C=C\C/C=C\CCCCCCCCCC(=O)OCC(COC(=O)CCCCCCCCCCCCC)OC(=O)CCCCCCCCC/C=C\C/C=C\C/C=C\CC. The van der Waals surface area contributed by atoms with Crippen molar-refractivity contribution in [2.45, 2.75) is 297 Å². The first kappa shape index (κ1) is 76.3. The van der Waals surface area contributed by atoms with Crippen molar-refractivity contribution in [1.29, 1.82) is 0 Å². The highest BCUT2D eigenvalue weighted by atomic mass is 16.6. The Labute approximate surface area is 499 Å². The Morgan fingerprint density at radius 3 is 0.753 bits per heavy atom. The molecule has 6 nitrogen and oxygen atoms in total. The normalized spacial score (nSPS) is 13.1. The summed E-state index contributed by atoms with van der Waals surface area (Å²) < 4.78 is 16.9. The van der Waals surface area contributed by atoms with Gasteiger partial charge in [0, 0.05) is 19.3 Å².